The predicted molar refractivity (Wildman–Crippen MR) is 57.8 cm³/mol. The molecule has 0 saturated heterocycles. The van der Waals surface area contributed by atoms with Crippen LogP contribution in [0.1, 0.15) is 24.4 Å². The van der Waals surface area contributed by atoms with Gasteiger partial charge < -0.3 is 10.8 Å². The van der Waals surface area contributed by atoms with E-state index in [0.29, 0.717) is 0 Å². The molecule has 0 aliphatic carbocycles. The topological polar surface area (TPSA) is 63.3 Å². The van der Waals surface area contributed by atoms with Crippen LogP contribution in [0, 0.1) is 17.5 Å². The lowest BCUT2D eigenvalue weighted by atomic mass is 10.0. The van der Waals surface area contributed by atoms with Gasteiger partial charge in [0, 0.05) is 18.0 Å². The summed E-state index contributed by atoms with van der Waals surface area (Å²) in [6, 6.07) is -0.308. The van der Waals surface area contributed by atoms with Crippen molar-refractivity contribution in [3.8, 4) is 0 Å². The summed E-state index contributed by atoms with van der Waals surface area (Å²) in [5.41, 5.74) is 5.11. The highest BCUT2D eigenvalue weighted by atomic mass is 79.9. The van der Waals surface area contributed by atoms with E-state index in [9.17, 15) is 18.0 Å². The first-order valence-electron chi connectivity index (χ1n) is 4.64. The van der Waals surface area contributed by atoms with Gasteiger partial charge in [0.15, 0.2) is 11.6 Å². The smallest absolute Gasteiger partial charge is 0.303 e. The normalized spacial score (nSPS) is 12.5. The predicted octanol–water partition coefficient (Wildman–Crippen LogP) is 2.73. The van der Waals surface area contributed by atoms with Crippen LogP contribution in [0.5, 0.6) is 0 Å². The standard InChI is InChI=1S/C10H9BrF3NO2/c11-8-5(12)3-4(9(13)10(8)14)6(15)1-2-7(16)17/h3,6H,1-2,15H2,(H,16,17). The molecule has 94 valence electrons. The minimum atomic E-state index is -1.37. The Labute approximate surface area is 104 Å². The van der Waals surface area contributed by atoms with E-state index in [4.69, 9.17) is 10.8 Å². The number of benzene rings is 1. The van der Waals surface area contributed by atoms with Gasteiger partial charge in [-0.05, 0) is 28.4 Å². The quantitative estimate of drug-likeness (QED) is 0.664. The van der Waals surface area contributed by atoms with Crippen LogP contribution in [0.4, 0.5) is 13.2 Å². The number of carboxylic acid groups (broad SMARTS) is 1. The number of halogens is 4. The van der Waals surface area contributed by atoms with Crippen LogP contribution in [-0.2, 0) is 4.79 Å². The van der Waals surface area contributed by atoms with E-state index < -0.39 is 33.9 Å². The van der Waals surface area contributed by atoms with Crippen molar-refractivity contribution in [2.24, 2.45) is 5.73 Å². The van der Waals surface area contributed by atoms with Crippen molar-refractivity contribution in [1.29, 1.82) is 0 Å². The number of rotatable bonds is 4. The molecule has 0 amide bonds. The van der Waals surface area contributed by atoms with Crippen molar-refractivity contribution in [3.05, 3.63) is 33.6 Å². The van der Waals surface area contributed by atoms with Crippen LogP contribution in [0.2, 0.25) is 0 Å². The molecule has 1 unspecified atom stereocenters. The number of hydrogen-bond donors (Lipinski definition) is 2. The molecule has 17 heavy (non-hydrogen) atoms. The molecule has 0 bridgehead atoms. The fraction of sp³-hybridized carbons (Fsp3) is 0.300. The van der Waals surface area contributed by atoms with Gasteiger partial charge in [0.2, 0.25) is 0 Å². The van der Waals surface area contributed by atoms with Crippen LogP contribution in [-0.4, -0.2) is 11.1 Å². The van der Waals surface area contributed by atoms with Gasteiger partial charge in [-0.15, -0.1) is 0 Å². The summed E-state index contributed by atoms with van der Waals surface area (Å²) < 4.78 is 39.1. The molecule has 0 fully saturated rings. The molecule has 0 aromatic heterocycles. The first-order chi connectivity index (χ1) is 7.84. The molecular formula is C10H9BrF3NO2. The minimum Gasteiger partial charge on any atom is -0.481 e. The SMILES string of the molecule is NC(CCC(=O)O)c1cc(F)c(Br)c(F)c1F. The Morgan fingerprint density at radius 3 is 2.53 bits per heavy atom. The molecule has 3 nitrogen and oxygen atoms in total. The molecule has 0 spiro atoms. The fourth-order valence-electron chi connectivity index (χ4n) is 1.30. The molecule has 1 rings (SSSR count). The molecule has 0 radical (unpaired) electrons. The third kappa shape index (κ3) is 3.19. The van der Waals surface area contributed by atoms with Gasteiger partial charge in [-0.1, -0.05) is 0 Å². The molecule has 0 aliphatic heterocycles. The Balaban J connectivity index is 3.02. The number of carbonyl (C=O) groups is 1. The van der Waals surface area contributed by atoms with Crippen LogP contribution >= 0.6 is 15.9 Å². The molecule has 7 heteroatoms. The van der Waals surface area contributed by atoms with Crippen molar-refractivity contribution in [3.63, 3.8) is 0 Å². The second kappa shape index (κ2) is 5.50. The Bertz CT molecular complexity index is 454. The number of aliphatic carboxylic acids is 1. The Kier molecular flexibility index (Phi) is 4.53. The van der Waals surface area contributed by atoms with Crippen molar-refractivity contribution < 1.29 is 23.1 Å². The molecule has 0 heterocycles. The number of hydrogen-bond acceptors (Lipinski definition) is 2. The van der Waals surface area contributed by atoms with Gasteiger partial charge in [-0.3, -0.25) is 4.79 Å². The minimum absolute atomic E-state index is 0.104. The van der Waals surface area contributed by atoms with E-state index in [1.807, 2.05) is 0 Å². The maximum atomic E-state index is 13.4. The molecule has 0 saturated carbocycles. The summed E-state index contributed by atoms with van der Waals surface area (Å²) in [7, 11) is 0. The van der Waals surface area contributed by atoms with E-state index in [1.54, 1.807) is 0 Å². The summed E-state index contributed by atoms with van der Waals surface area (Å²) in [4.78, 5) is 10.3. The van der Waals surface area contributed by atoms with Crippen molar-refractivity contribution in [2.75, 3.05) is 0 Å². The van der Waals surface area contributed by atoms with Gasteiger partial charge in [-0.25, -0.2) is 13.2 Å². The Hall–Kier alpha value is -1.08. The summed E-state index contributed by atoms with van der Waals surface area (Å²) in [6.07, 6.45) is -0.410. The molecule has 1 atom stereocenters. The van der Waals surface area contributed by atoms with E-state index in [-0.39, 0.29) is 18.4 Å². The summed E-state index contributed by atoms with van der Waals surface area (Å²) in [5.74, 6) is -4.73. The highest BCUT2D eigenvalue weighted by Crippen LogP contribution is 2.28. The molecule has 0 aliphatic rings. The van der Waals surface area contributed by atoms with Gasteiger partial charge >= 0.3 is 5.97 Å². The molecule has 3 N–H and O–H groups in total. The summed E-state index contributed by atoms with van der Waals surface area (Å²) in [6.45, 7) is 0. The Morgan fingerprint density at radius 1 is 1.41 bits per heavy atom. The monoisotopic (exact) mass is 311 g/mol. The van der Waals surface area contributed by atoms with E-state index >= 15 is 0 Å². The van der Waals surface area contributed by atoms with Crippen molar-refractivity contribution >= 4 is 21.9 Å². The zero-order chi connectivity index (χ0) is 13.2. The van der Waals surface area contributed by atoms with Gasteiger partial charge in [0.25, 0.3) is 0 Å². The van der Waals surface area contributed by atoms with Crippen LogP contribution in [0.25, 0.3) is 0 Å². The van der Waals surface area contributed by atoms with E-state index in [1.165, 1.54) is 0 Å². The van der Waals surface area contributed by atoms with Gasteiger partial charge in [-0.2, -0.15) is 0 Å². The maximum absolute atomic E-state index is 13.4. The summed E-state index contributed by atoms with van der Waals surface area (Å²) in [5, 5.41) is 8.43. The average molecular weight is 312 g/mol. The zero-order valence-corrected chi connectivity index (χ0v) is 10.1. The second-order valence-electron chi connectivity index (χ2n) is 3.43. The third-order valence-electron chi connectivity index (χ3n) is 2.20. The zero-order valence-electron chi connectivity index (χ0n) is 8.51. The molecular weight excluding hydrogens is 303 g/mol. The fourth-order valence-corrected chi connectivity index (χ4v) is 1.58. The van der Waals surface area contributed by atoms with Crippen LogP contribution in [0.15, 0.2) is 10.5 Å². The highest BCUT2D eigenvalue weighted by molar-refractivity contribution is 9.10. The highest BCUT2D eigenvalue weighted by Gasteiger charge is 2.21. The van der Waals surface area contributed by atoms with E-state index in [2.05, 4.69) is 15.9 Å². The number of carboxylic acids is 1. The van der Waals surface area contributed by atoms with Gasteiger partial charge in [0.1, 0.15) is 5.82 Å². The summed E-state index contributed by atoms with van der Waals surface area (Å²) >= 11 is 2.55. The lowest BCUT2D eigenvalue weighted by molar-refractivity contribution is -0.137. The van der Waals surface area contributed by atoms with Crippen LogP contribution in [0.3, 0.4) is 0 Å². The molecule has 1 aromatic rings. The third-order valence-corrected chi connectivity index (χ3v) is 2.93. The maximum Gasteiger partial charge on any atom is 0.303 e. The van der Waals surface area contributed by atoms with Crippen molar-refractivity contribution in [1.82, 2.24) is 0 Å². The van der Waals surface area contributed by atoms with E-state index in [0.717, 1.165) is 6.07 Å². The van der Waals surface area contributed by atoms with Crippen LogP contribution < -0.4 is 5.73 Å². The van der Waals surface area contributed by atoms with Crippen molar-refractivity contribution in [2.45, 2.75) is 18.9 Å². The first-order valence-corrected chi connectivity index (χ1v) is 5.44. The second-order valence-corrected chi connectivity index (χ2v) is 4.22. The lowest BCUT2D eigenvalue weighted by Crippen LogP contribution is -2.15. The number of nitrogens with two attached hydrogens (primary N) is 1. The molecule has 1 aromatic carbocycles. The average Bonchev–Trinajstić information content (AvgIpc) is 2.28. The van der Waals surface area contributed by atoms with Gasteiger partial charge in [0.05, 0.1) is 4.47 Å². The Morgan fingerprint density at radius 2 is 2.00 bits per heavy atom. The largest absolute Gasteiger partial charge is 0.481 e. The first kappa shape index (κ1) is 14.0. The lowest BCUT2D eigenvalue weighted by Gasteiger charge is -2.13.